The number of likely N-dealkylation sites (tertiary alicyclic amines) is 1. The first kappa shape index (κ1) is 13.7. The maximum atomic E-state index is 12.1. The lowest BCUT2D eigenvalue weighted by molar-refractivity contribution is 0.186. The van der Waals surface area contributed by atoms with E-state index in [-0.39, 0.29) is 6.03 Å². The molecule has 0 radical (unpaired) electrons. The zero-order valence-electron chi connectivity index (χ0n) is 10.2. The fourth-order valence-corrected chi connectivity index (χ4v) is 2.78. The molecule has 2 rings (SSSR count). The molecule has 0 saturated carbocycles. The molecule has 1 fully saturated rings. The van der Waals surface area contributed by atoms with Crippen LogP contribution in [0.4, 0.5) is 10.5 Å². The summed E-state index contributed by atoms with van der Waals surface area (Å²) in [5.74, 6) is 0.719. The monoisotopic (exact) mass is 330 g/mol. The molecule has 18 heavy (non-hydrogen) atoms. The van der Waals surface area contributed by atoms with Crippen LogP contribution in [0.2, 0.25) is 5.02 Å². The predicted molar refractivity (Wildman–Crippen MR) is 78.1 cm³/mol. The van der Waals surface area contributed by atoms with Crippen molar-refractivity contribution in [2.24, 2.45) is 5.92 Å². The summed E-state index contributed by atoms with van der Waals surface area (Å²) < 4.78 is 0.800. The number of hydrogen-bond acceptors (Lipinski definition) is 1. The summed E-state index contributed by atoms with van der Waals surface area (Å²) in [6.07, 6.45) is 2.16. The number of urea groups is 1. The SMILES string of the molecule is CC1CCN(C(=O)Nc2ccc(Cl)cc2Br)CC1. The predicted octanol–water partition coefficient (Wildman–Crippen LogP) is 4.37. The smallest absolute Gasteiger partial charge is 0.321 e. The van der Waals surface area contributed by atoms with Crippen LogP contribution in [0.25, 0.3) is 0 Å². The highest BCUT2D eigenvalue weighted by Gasteiger charge is 2.20. The molecular weight excluding hydrogens is 316 g/mol. The van der Waals surface area contributed by atoms with Gasteiger partial charge in [-0.25, -0.2) is 4.79 Å². The minimum atomic E-state index is -0.0371. The largest absolute Gasteiger partial charge is 0.325 e. The van der Waals surface area contributed by atoms with Crippen LogP contribution in [0.3, 0.4) is 0 Å². The van der Waals surface area contributed by atoms with Gasteiger partial charge in [0, 0.05) is 22.6 Å². The molecule has 1 aromatic rings. The third kappa shape index (κ3) is 3.39. The third-order valence-electron chi connectivity index (χ3n) is 3.24. The van der Waals surface area contributed by atoms with Crippen molar-refractivity contribution in [1.29, 1.82) is 0 Å². The van der Waals surface area contributed by atoms with Gasteiger partial charge in [-0.05, 0) is 52.9 Å². The highest BCUT2D eigenvalue weighted by atomic mass is 79.9. The Morgan fingerprint density at radius 3 is 2.72 bits per heavy atom. The molecule has 0 spiro atoms. The Morgan fingerprint density at radius 2 is 2.11 bits per heavy atom. The molecule has 0 unspecified atom stereocenters. The van der Waals surface area contributed by atoms with Crippen LogP contribution >= 0.6 is 27.5 Å². The van der Waals surface area contributed by atoms with E-state index in [0.717, 1.165) is 42.0 Å². The number of piperidine rings is 1. The van der Waals surface area contributed by atoms with E-state index in [1.54, 1.807) is 18.2 Å². The van der Waals surface area contributed by atoms with Gasteiger partial charge in [-0.2, -0.15) is 0 Å². The van der Waals surface area contributed by atoms with Gasteiger partial charge in [0.05, 0.1) is 5.69 Å². The molecular formula is C13H16BrClN2O. The van der Waals surface area contributed by atoms with Gasteiger partial charge in [0.2, 0.25) is 0 Å². The van der Waals surface area contributed by atoms with Crippen LogP contribution in [-0.4, -0.2) is 24.0 Å². The van der Waals surface area contributed by atoms with E-state index in [2.05, 4.69) is 28.2 Å². The first-order valence-electron chi connectivity index (χ1n) is 6.07. The first-order chi connectivity index (χ1) is 8.56. The summed E-state index contributed by atoms with van der Waals surface area (Å²) in [4.78, 5) is 13.9. The van der Waals surface area contributed by atoms with Gasteiger partial charge in [0.15, 0.2) is 0 Å². The molecule has 1 heterocycles. The summed E-state index contributed by atoms with van der Waals surface area (Å²) in [6.45, 7) is 3.89. The van der Waals surface area contributed by atoms with E-state index in [1.807, 2.05) is 4.90 Å². The Kier molecular flexibility index (Phi) is 4.51. The topological polar surface area (TPSA) is 32.3 Å². The standard InChI is InChI=1S/C13H16BrClN2O/c1-9-4-6-17(7-5-9)13(18)16-12-3-2-10(15)8-11(12)14/h2-3,8-9H,4-7H2,1H3,(H,16,18). The minimum absolute atomic E-state index is 0.0371. The highest BCUT2D eigenvalue weighted by Crippen LogP contribution is 2.26. The molecule has 0 atom stereocenters. The normalized spacial score (nSPS) is 16.7. The van der Waals surface area contributed by atoms with Crippen molar-refractivity contribution in [2.45, 2.75) is 19.8 Å². The number of rotatable bonds is 1. The number of amides is 2. The van der Waals surface area contributed by atoms with Crippen molar-refractivity contribution in [3.8, 4) is 0 Å². The molecule has 3 nitrogen and oxygen atoms in total. The van der Waals surface area contributed by atoms with Crippen molar-refractivity contribution in [1.82, 2.24) is 4.90 Å². The van der Waals surface area contributed by atoms with Crippen LogP contribution in [0, 0.1) is 5.92 Å². The Bertz CT molecular complexity index is 445. The van der Waals surface area contributed by atoms with Gasteiger partial charge in [-0.1, -0.05) is 18.5 Å². The maximum absolute atomic E-state index is 12.1. The number of hydrogen-bond donors (Lipinski definition) is 1. The van der Waals surface area contributed by atoms with Crippen LogP contribution in [0.1, 0.15) is 19.8 Å². The molecule has 5 heteroatoms. The van der Waals surface area contributed by atoms with E-state index >= 15 is 0 Å². The van der Waals surface area contributed by atoms with Crippen LogP contribution in [0.5, 0.6) is 0 Å². The second-order valence-corrected chi connectivity index (χ2v) is 6.01. The summed E-state index contributed by atoms with van der Waals surface area (Å²) >= 11 is 9.26. The number of carbonyl (C=O) groups is 1. The maximum Gasteiger partial charge on any atom is 0.321 e. The molecule has 0 bridgehead atoms. The summed E-state index contributed by atoms with van der Waals surface area (Å²) in [5, 5.41) is 3.55. The molecule has 1 aromatic carbocycles. The molecule has 98 valence electrons. The fraction of sp³-hybridized carbons (Fsp3) is 0.462. The third-order valence-corrected chi connectivity index (χ3v) is 4.13. The summed E-state index contributed by atoms with van der Waals surface area (Å²) in [7, 11) is 0. The van der Waals surface area contributed by atoms with Gasteiger partial charge in [-0.3, -0.25) is 0 Å². The van der Waals surface area contributed by atoms with Crippen LogP contribution in [-0.2, 0) is 0 Å². The van der Waals surface area contributed by atoms with Gasteiger partial charge >= 0.3 is 6.03 Å². The van der Waals surface area contributed by atoms with Gasteiger partial charge in [0.25, 0.3) is 0 Å². The van der Waals surface area contributed by atoms with E-state index in [0.29, 0.717) is 5.02 Å². The van der Waals surface area contributed by atoms with E-state index in [1.165, 1.54) is 0 Å². The number of nitrogens with zero attached hydrogens (tertiary/aromatic N) is 1. The Morgan fingerprint density at radius 1 is 1.44 bits per heavy atom. The van der Waals surface area contributed by atoms with Gasteiger partial charge in [-0.15, -0.1) is 0 Å². The molecule has 0 aliphatic carbocycles. The second kappa shape index (κ2) is 5.93. The van der Waals surface area contributed by atoms with Crippen molar-refractivity contribution in [3.05, 3.63) is 27.7 Å². The lowest BCUT2D eigenvalue weighted by Crippen LogP contribution is -2.40. The fourth-order valence-electron chi connectivity index (χ4n) is 2.00. The number of benzene rings is 1. The number of nitrogens with one attached hydrogen (secondary N) is 1. The Balaban J connectivity index is 1.98. The average Bonchev–Trinajstić information content (AvgIpc) is 2.33. The number of anilines is 1. The second-order valence-electron chi connectivity index (χ2n) is 4.72. The lowest BCUT2D eigenvalue weighted by atomic mass is 10.00. The molecule has 1 saturated heterocycles. The van der Waals surface area contributed by atoms with Gasteiger partial charge in [0.1, 0.15) is 0 Å². The number of carbonyl (C=O) groups excluding carboxylic acids is 1. The summed E-state index contributed by atoms with van der Waals surface area (Å²) in [5.41, 5.74) is 0.753. The molecule has 0 aromatic heterocycles. The van der Waals surface area contributed by atoms with Crippen molar-refractivity contribution in [2.75, 3.05) is 18.4 Å². The molecule has 1 aliphatic heterocycles. The summed E-state index contributed by atoms with van der Waals surface area (Å²) in [6, 6.07) is 5.30. The molecule has 1 N–H and O–H groups in total. The van der Waals surface area contributed by atoms with E-state index in [9.17, 15) is 4.79 Å². The van der Waals surface area contributed by atoms with Crippen LogP contribution in [0.15, 0.2) is 22.7 Å². The minimum Gasteiger partial charge on any atom is -0.325 e. The van der Waals surface area contributed by atoms with Crippen LogP contribution < -0.4 is 5.32 Å². The van der Waals surface area contributed by atoms with E-state index in [4.69, 9.17) is 11.6 Å². The quantitative estimate of drug-likeness (QED) is 0.814. The lowest BCUT2D eigenvalue weighted by Gasteiger charge is -2.30. The van der Waals surface area contributed by atoms with Gasteiger partial charge < -0.3 is 10.2 Å². The van der Waals surface area contributed by atoms with Crippen molar-refractivity contribution < 1.29 is 4.79 Å². The first-order valence-corrected chi connectivity index (χ1v) is 7.24. The Labute approximate surface area is 121 Å². The highest BCUT2D eigenvalue weighted by molar-refractivity contribution is 9.10. The zero-order valence-corrected chi connectivity index (χ0v) is 12.6. The molecule has 2 amide bonds. The van der Waals surface area contributed by atoms with E-state index < -0.39 is 0 Å². The van der Waals surface area contributed by atoms with Crippen molar-refractivity contribution >= 4 is 39.2 Å². The number of halogens is 2. The zero-order chi connectivity index (χ0) is 13.1. The average molecular weight is 332 g/mol. The van der Waals surface area contributed by atoms with Crippen molar-refractivity contribution in [3.63, 3.8) is 0 Å². The Hall–Kier alpha value is -0.740. The molecule has 1 aliphatic rings.